The van der Waals surface area contributed by atoms with Crippen LogP contribution < -0.4 is 21.3 Å². The fourth-order valence-electron chi connectivity index (χ4n) is 5.78. The molecule has 13 nitrogen and oxygen atoms in total. The summed E-state index contributed by atoms with van der Waals surface area (Å²) in [5.74, 6) is -3.19. The van der Waals surface area contributed by atoms with Crippen LogP contribution in [0.2, 0.25) is 0 Å². The van der Waals surface area contributed by atoms with Gasteiger partial charge in [0, 0.05) is 6.54 Å². The van der Waals surface area contributed by atoms with Crippen molar-refractivity contribution in [1.82, 2.24) is 26.2 Å². The Hall–Kier alpha value is -4.16. The van der Waals surface area contributed by atoms with Crippen LogP contribution in [0.25, 0.3) is 0 Å². The lowest BCUT2D eigenvalue weighted by Gasteiger charge is -2.38. The molecule has 1 aliphatic carbocycles. The maximum atomic E-state index is 14.0. The van der Waals surface area contributed by atoms with Crippen LogP contribution >= 0.6 is 0 Å². The molecule has 2 heterocycles. The number of ether oxygens (including phenoxy) is 1. The first-order valence-corrected chi connectivity index (χ1v) is 15.1. The fraction of sp³-hybridized carbons (Fsp3) is 0.625. The molecule has 13 heteroatoms. The number of hydrogen-bond donors (Lipinski definition) is 4. The van der Waals surface area contributed by atoms with Crippen LogP contribution in [0, 0.1) is 22.7 Å². The number of alkyl carbamates (subject to hydrolysis) is 1. The number of ketones is 1. The molecule has 1 aliphatic heterocycles. The Morgan fingerprint density at radius 1 is 1.09 bits per heavy atom. The minimum Gasteiger partial charge on any atom is -0.467 e. The van der Waals surface area contributed by atoms with Crippen LogP contribution in [0.15, 0.2) is 35.5 Å². The van der Waals surface area contributed by atoms with Crippen molar-refractivity contribution < 1.29 is 37.9 Å². The van der Waals surface area contributed by atoms with Crippen molar-refractivity contribution in [3.8, 4) is 0 Å². The van der Waals surface area contributed by atoms with Gasteiger partial charge < -0.3 is 35.3 Å². The number of fused-ring (bicyclic) bond motifs is 1. The zero-order valence-electron chi connectivity index (χ0n) is 27.4. The van der Waals surface area contributed by atoms with E-state index in [-0.39, 0.29) is 30.2 Å². The van der Waals surface area contributed by atoms with E-state index in [1.807, 2.05) is 13.8 Å². The standard InChI is InChI=1S/C32H47N5O8/c1-10-12-20(24(39)27(41)34-16-21(38)33-15-18-13-11-14-44-18)35-26(40)23-22-19(32(22,8)9)17-37(23)28(42)25(30(2,3)4)36-29(43)45-31(5,6)7/h10-11,13-14,19-20,22-23,25H,1,12,15-17H2,2-9H3,(H,33,38)(H,34,41)(H,35,40)(H,36,43)/t19-,20?,22-,23-,25+/m0/s1. The van der Waals surface area contributed by atoms with Gasteiger partial charge in [0.2, 0.25) is 23.5 Å². The quantitative estimate of drug-likeness (QED) is 0.201. The molecule has 1 aromatic rings. The Bertz CT molecular complexity index is 1310. The Morgan fingerprint density at radius 3 is 2.31 bits per heavy atom. The number of piperidine rings is 1. The number of rotatable bonds is 12. The van der Waals surface area contributed by atoms with E-state index >= 15 is 0 Å². The Kier molecular flexibility index (Phi) is 10.6. The van der Waals surface area contributed by atoms with Crippen LogP contribution in [-0.2, 0) is 35.3 Å². The highest BCUT2D eigenvalue weighted by Gasteiger charge is 2.70. The SMILES string of the molecule is C=CCC(NC(=O)[C@@H]1[C@@H]2[C@H](CN1C(=O)[C@@H](NC(=O)OC(C)(C)C)C(C)(C)C)C2(C)C)C(=O)C(=O)NCC(=O)NCc1ccco1. The average molecular weight is 630 g/mol. The van der Waals surface area contributed by atoms with Crippen LogP contribution in [-0.4, -0.2) is 77.2 Å². The van der Waals surface area contributed by atoms with Crippen molar-refractivity contribution in [3.05, 3.63) is 36.8 Å². The summed E-state index contributed by atoms with van der Waals surface area (Å²) in [6.45, 7) is 18.2. The third-order valence-electron chi connectivity index (χ3n) is 8.24. The lowest BCUT2D eigenvalue weighted by Crippen LogP contribution is -2.60. The minimum absolute atomic E-state index is 0.0379. The van der Waals surface area contributed by atoms with E-state index in [0.717, 1.165) is 0 Å². The summed E-state index contributed by atoms with van der Waals surface area (Å²) in [5.41, 5.74) is -1.73. The minimum atomic E-state index is -1.27. The second kappa shape index (κ2) is 13.5. The number of likely N-dealkylation sites (tertiary alicyclic amines) is 1. The summed E-state index contributed by atoms with van der Waals surface area (Å²) < 4.78 is 10.5. The van der Waals surface area contributed by atoms with Crippen molar-refractivity contribution >= 4 is 35.5 Å². The largest absolute Gasteiger partial charge is 0.467 e. The van der Waals surface area contributed by atoms with E-state index in [0.29, 0.717) is 12.3 Å². The number of nitrogens with zero attached hydrogens (tertiary/aromatic N) is 1. The van der Waals surface area contributed by atoms with Gasteiger partial charge in [0.15, 0.2) is 0 Å². The summed E-state index contributed by atoms with van der Waals surface area (Å²) in [4.78, 5) is 79.9. The predicted octanol–water partition coefficient (Wildman–Crippen LogP) is 2.06. The highest BCUT2D eigenvalue weighted by molar-refractivity contribution is 6.38. The number of Topliss-reactive ketones (excluding diaryl/α,β-unsaturated/α-hetero) is 1. The van der Waals surface area contributed by atoms with E-state index < -0.39 is 71.2 Å². The van der Waals surface area contributed by atoms with E-state index in [9.17, 15) is 28.8 Å². The molecule has 0 aromatic carbocycles. The first kappa shape index (κ1) is 35.3. The van der Waals surface area contributed by atoms with Crippen LogP contribution in [0.1, 0.15) is 67.6 Å². The number of carbonyl (C=O) groups is 6. The average Bonchev–Trinajstić information content (AvgIpc) is 3.36. The molecule has 2 fully saturated rings. The van der Waals surface area contributed by atoms with E-state index in [1.165, 1.54) is 17.2 Å². The molecule has 45 heavy (non-hydrogen) atoms. The van der Waals surface area contributed by atoms with Crippen molar-refractivity contribution in [3.63, 3.8) is 0 Å². The highest BCUT2D eigenvalue weighted by atomic mass is 16.6. The smallest absolute Gasteiger partial charge is 0.408 e. The van der Waals surface area contributed by atoms with E-state index in [2.05, 4.69) is 27.8 Å². The van der Waals surface area contributed by atoms with Gasteiger partial charge in [0.05, 0.1) is 19.4 Å². The summed E-state index contributed by atoms with van der Waals surface area (Å²) in [7, 11) is 0. The number of amides is 5. The molecule has 0 spiro atoms. The monoisotopic (exact) mass is 629 g/mol. The predicted molar refractivity (Wildman–Crippen MR) is 164 cm³/mol. The van der Waals surface area contributed by atoms with Gasteiger partial charge in [-0.2, -0.15) is 0 Å². The van der Waals surface area contributed by atoms with Crippen molar-refractivity contribution in [2.45, 2.75) is 92.1 Å². The third kappa shape index (κ3) is 8.73. The summed E-state index contributed by atoms with van der Waals surface area (Å²) >= 11 is 0. The maximum absolute atomic E-state index is 14.0. The van der Waals surface area contributed by atoms with Crippen LogP contribution in [0.3, 0.4) is 0 Å². The number of hydrogen-bond acceptors (Lipinski definition) is 8. The fourth-order valence-corrected chi connectivity index (χ4v) is 5.78. The molecule has 0 radical (unpaired) electrons. The summed E-state index contributed by atoms with van der Waals surface area (Å²) in [5, 5.41) is 10.2. The Balaban J connectivity index is 1.71. The topological polar surface area (TPSA) is 176 Å². The maximum Gasteiger partial charge on any atom is 0.408 e. The second-order valence-corrected chi connectivity index (χ2v) is 14.3. The lowest BCUT2D eigenvalue weighted by atomic mass is 9.85. The third-order valence-corrected chi connectivity index (χ3v) is 8.24. The van der Waals surface area contributed by atoms with E-state index in [1.54, 1.807) is 53.7 Å². The van der Waals surface area contributed by atoms with Crippen molar-refractivity contribution in [2.24, 2.45) is 22.7 Å². The second-order valence-electron chi connectivity index (χ2n) is 14.3. The van der Waals surface area contributed by atoms with E-state index in [4.69, 9.17) is 9.15 Å². The molecular formula is C32H47N5O8. The highest BCUT2D eigenvalue weighted by Crippen LogP contribution is 2.65. The van der Waals surface area contributed by atoms with Crippen molar-refractivity contribution in [1.29, 1.82) is 0 Å². The zero-order chi connectivity index (χ0) is 33.9. The molecule has 1 saturated carbocycles. The molecule has 1 unspecified atom stereocenters. The lowest BCUT2D eigenvalue weighted by molar-refractivity contribution is -0.145. The molecule has 5 amide bonds. The number of carbonyl (C=O) groups excluding carboxylic acids is 6. The molecule has 0 bridgehead atoms. The zero-order valence-corrected chi connectivity index (χ0v) is 27.4. The first-order chi connectivity index (χ1) is 20.8. The molecule has 2 aliphatic rings. The van der Waals surface area contributed by atoms with Gasteiger partial charge in [-0.3, -0.25) is 24.0 Å². The summed E-state index contributed by atoms with van der Waals surface area (Å²) in [6, 6.07) is 0.148. The van der Waals surface area contributed by atoms with Crippen LogP contribution in [0.4, 0.5) is 4.79 Å². The molecular weight excluding hydrogens is 582 g/mol. The molecule has 4 N–H and O–H groups in total. The Labute approximate surface area is 264 Å². The molecule has 1 saturated heterocycles. The number of nitrogens with one attached hydrogen (secondary N) is 4. The van der Waals surface area contributed by atoms with Gasteiger partial charge in [-0.15, -0.1) is 6.58 Å². The van der Waals surface area contributed by atoms with Gasteiger partial charge in [0.1, 0.15) is 29.5 Å². The molecule has 5 atom stereocenters. The van der Waals surface area contributed by atoms with Gasteiger partial charge in [0.25, 0.3) is 5.91 Å². The van der Waals surface area contributed by atoms with Crippen LogP contribution in [0.5, 0.6) is 0 Å². The van der Waals surface area contributed by atoms with Crippen molar-refractivity contribution in [2.75, 3.05) is 13.1 Å². The normalized spacial score (nSPS) is 21.4. The molecule has 3 rings (SSSR count). The molecule has 248 valence electrons. The van der Waals surface area contributed by atoms with Gasteiger partial charge in [-0.1, -0.05) is 40.7 Å². The first-order valence-electron chi connectivity index (χ1n) is 15.1. The van der Waals surface area contributed by atoms with Gasteiger partial charge in [-0.25, -0.2) is 4.79 Å². The van der Waals surface area contributed by atoms with Gasteiger partial charge in [-0.05, 0) is 62.0 Å². The molecule has 1 aromatic heterocycles. The number of furan rings is 1. The Morgan fingerprint density at radius 2 is 1.76 bits per heavy atom. The summed E-state index contributed by atoms with van der Waals surface area (Å²) in [6.07, 6.45) is 2.06. The van der Waals surface area contributed by atoms with Gasteiger partial charge >= 0.3 is 6.09 Å².